The predicted octanol–water partition coefficient (Wildman–Crippen LogP) is 3.94. The molecular formula is C11H10Cl2F4O2. The molecule has 0 aromatic heterocycles. The highest BCUT2D eigenvalue weighted by Crippen LogP contribution is 2.30. The first-order valence-electron chi connectivity index (χ1n) is 5.11. The third-order valence-electron chi connectivity index (χ3n) is 2.23. The second-order valence-electron chi connectivity index (χ2n) is 3.74. The Morgan fingerprint density at radius 3 is 2.47 bits per heavy atom. The Bertz CT molecular complexity index is 429. The summed E-state index contributed by atoms with van der Waals surface area (Å²) in [5, 5.41) is 9.89. The van der Waals surface area contributed by atoms with Gasteiger partial charge in [-0.05, 0) is 6.07 Å². The molecule has 0 amide bonds. The molecule has 0 aliphatic rings. The van der Waals surface area contributed by atoms with E-state index in [0.29, 0.717) is 0 Å². The van der Waals surface area contributed by atoms with Gasteiger partial charge in [0.1, 0.15) is 12.7 Å². The van der Waals surface area contributed by atoms with Crippen LogP contribution in [0.4, 0.5) is 17.6 Å². The normalized spacial score (nSPS) is 13.9. The minimum atomic E-state index is -4.25. The minimum Gasteiger partial charge on any atom is -0.386 e. The Labute approximate surface area is 116 Å². The largest absolute Gasteiger partial charge is 0.386 e. The number of hydrogen-bond donors (Lipinski definition) is 1. The number of rotatable bonds is 6. The fourth-order valence-corrected chi connectivity index (χ4v) is 1.67. The van der Waals surface area contributed by atoms with E-state index in [-0.39, 0.29) is 15.6 Å². The molecule has 1 N–H and O–H groups in total. The summed E-state index contributed by atoms with van der Waals surface area (Å²) in [6.07, 6.45) is -5.15. The molecule has 0 aliphatic carbocycles. The molecule has 0 aliphatic heterocycles. The molecule has 108 valence electrons. The summed E-state index contributed by atoms with van der Waals surface area (Å²) >= 11 is 11.5. The van der Waals surface area contributed by atoms with Crippen molar-refractivity contribution >= 4 is 23.2 Å². The van der Waals surface area contributed by atoms with Gasteiger partial charge in [0.15, 0.2) is 0 Å². The van der Waals surface area contributed by atoms with Crippen molar-refractivity contribution in [3.05, 3.63) is 33.8 Å². The Morgan fingerprint density at radius 1 is 1.26 bits per heavy atom. The maximum atomic E-state index is 12.5. The van der Waals surface area contributed by atoms with Crippen molar-refractivity contribution in [1.29, 1.82) is 0 Å². The summed E-state index contributed by atoms with van der Waals surface area (Å²) in [6.45, 7) is -2.08. The SMILES string of the molecule is OC(COCC(F)(F)C(F)F)c1cccc(Cl)c1Cl. The maximum Gasteiger partial charge on any atom is 0.330 e. The van der Waals surface area contributed by atoms with Crippen molar-refractivity contribution < 1.29 is 27.4 Å². The summed E-state index contributed by atoms with van der Waals surface area (Å²) in [5.41, 5.74) is 0.175. The molecular weight excluding hydrogens is 311 g/mol. The topological polar surface area (TPSA) is 29.5 Å². The maximum absolute atomic E-state index is 12.5. The molecule has 0 radical (unpaired) electrons. The number of benzene rings is 1. The van der Waals surface area contributed by atoms with Crippen molar-refractivity contribution in [2.24, 2.45) is 0 Å². The smallest absolute Gasteiger partial charge is 0.330 e. The highest BCUT2D eigenvalue weighted by Gasteiger charge is 2.41. The van der Waals surface area contributed by atoms with E-state index in [1.165, 1.54) is 18.2 Å². The van der Waals surface area contributed by atoms with Crippen molar-refractivity contribution in [3.63, 3.8) is 0 Å². The Morgan fingerprint density at radius 2 is 1.89 bits per heavy atom. The lowest BCUT2D eigenvalue weighted by molar-refractivity contribution is -0.170. The van der Waals surface area contributed by atoms with E-state index in [4.69, 9.17) is 23.2 Å². The summed E-state index contributed by atoms with van der Waals surface area (Å²) < 4.78 is 53.2. The van der Waals surface area contributed by atoms with E-state index in [1.54, 1.807) is 0 Å². The van der Waals surface area contributed by atoms with Crippen LogP contribution in [0.1, 0.15) is 11.7 Å². The van der Waals surface area contributed by atoms with Gasteiger partial charge < -0.3 is 9.84 Å². The first kappa shape index (κ1) is 16.5. The molecule has 19 heavy (non-hydrogen) atoms. The van der Waals surface area contributed by atoms with Crippen molar-refractivity contribution in [2.45, 2.75) is 18.5 Å². The van der Waals surface area contributed by atoms with Gasteiger partial charge in [0.05, 0.1) is 16.7 Å². The summed E-state index contributed by atoms with van der Waals surface area (Å²) in [5.74, 6) is -4.25. The molecule has 0 saturated heterocycles. The number of alkyl halides is 4. The van der Waals surface area contributed by atoms with Crippen molar-refractivity contribution in [1.82, 2.24) is 0 Å². The molecule has 1 unspecified atom stereocenters. The molecule has 0 saturated carbocycles. The van der Waals surface area contributed by atoms with Gasteiger partial charge in [0.2, 0.25) is 0 Å². The average Bonchev–Trinajstić information content (AvgIpc) is 2.32. The van der Waals surface area contributed by atoms with Gasteiger partial charge >= 0.3 is 12.3 Å². The van der Waals surface area contributed by atoms with Crippen LogP contribution in [0.5, 0.6) is 0 Å². The lowest BCUT2D eigenvalue weighted by Gasteiger charge is -2.18. The van der Waals surface area contributed by atoms with Crippen LogP contribution in [0.2, 0.25) is 10.0 Å². The zero-order valence-corrected chi connectivity index (χ0v) is 10.9. The van der Waals surface area contributed by atoms with Crippen molar-refractivity contribution in [3.8, 4) is 0 Å². The van der Waals surface area contributed by atoms with Crippen LogP contribution in [-0.4, -0.2) is 30.7 Å². The monoisotopic (exact) mass is 320 g/mol. The summed E-state index contributed by atoms with van der Waals surface area (Å²) in [6, 6.07) is 4.40. The van der Waals surface area contributed by atoms with Crippen LogP contribution in [0, 0.1) is 0 Å². The van der Waals surface area contributed by atoms with Gasteiger partial charge in [-0.1, -0.05) is 35.3 Å². The highest BCUT2D eigenvalue weighted by molar-refractivity contribution is 6.42. The van der Waals surface area contributed by atoms with E-state index in [0.717, 1.165) is 0 Å². The third-order valence-corrected chi connectivity index (χ3v) is 3.06. The first-order chi connectivity index (χ1) is 8.75. The van der Waals surface area contributed by atoms with Crippen LogP contribution in [0.3, 0.4) is 0 Å². The molecule has 1 atom stereocenters. The van der Waals surface area contributed by atoms with Crippen LogP contribution in [-0.2, 0) is 4.74 Å². The van der Waals surface area contributed by atoms with Crippen LogP contribution in [0.15, 0.2) is 18.2 Å². The molecule has 8 heteroatoms. The van der Waals surface area contributed by atoms with Gasteiger partial charge in [0.25, 0.3) is 0 Å². The lowest BCUT2D eigenvalue weighted by Crippen LogP contribution is -2.33. The fraction of sp³-hybridized carbons (Fsp3) is 0.455. The number of halogens is 6. The lowest BCUT2D eigenvalue weighted by atomic mass is 10.1. The zero-order chi connectivity index (χ0) is 14.6. The van der Waals surface area contributed by atoms with Crippen molar-refractivity contribution in [2.75, 3.05) is 13.2 Å². The van der Waals surface area contributed by atoms with E-state index in [2.05, 4.69) is 4.74 Å². The van der Waals surface area contributed by atoms with Crippen LogP contribution >= 0.6 is 23.2 Å². The summed E-state index contributed by atoms with van der Waals surface area (Å²) in [7, 11) is 0. The summed E-state index contributed by atoms with van der Waals surface area (Å²) in [4.78, 5) is 0. The second kappa shape index (κ2) is 6.74. The van der Waals surface area contributed by atoms with Gasteiger partial charge in [0, 0.05) is 5.56 Å². The number of aliphatic hydroxyl groups excluding tert-OH is 1. The van der Waals surface area contributed by atoms with Gasteiger partial charge in [-0.25, -0.2) is 8.78 Å². The highest BCUT2D eigenvalue weighted by atomic mass is 35.5. The van der Waals surface area contributed by atoms with Gasteiger partial charge in [-0.2, -0.15) is 8.78 Å². The molecule has 0 fully saturated rings. The molecule has 0 bridgehead atoms. The zero-order valence-electron chi connectivity index (χ0n) is 9.42. The van der Waals surface area contributed by atoms with Gasteiger partial charge in [-0.15, -0.1) is 0 Å². The Kier molecular flexibility index (Phi) is 5.85. The third kappa shape index (κ3) is 4.49. The number of ether oxygens (including phenoxy) is 1. The minimum absolute atomic E-state index is 0.0564. The van der Waals surface area contributed by atoms with E-state index in [1.807, 2.05) is 0 Å². The van der Waals surface area contributed by atoms with Crippen LogP contribution in [0.25, 0.3) is 0 Å². The molecule has 1 rings (SSSR count). The average molecular weight is 321 g/mol. The van der Waals surface area contributed by atoms with Crippen LogP contribution < -0.4 is 0 Å². The Balaban J connectivity index is 2.57. The van der Waals surface area contributed by atoms with E-state index < -0.39 is 31.7 Å². The number of hydrogen-bond acceptors (Lipinski definition) is 2. The second-order valence-corrected chi connectivity index (χ2v) is 4.52. The molecule has 0 heterocycles. The predicted molar refractivity (Wildman–Crippen MR) is 63.2 cm³/mol. The standard InChI is InChI=1S/C11H10Cl2F4O2/c12-7-3-1-2-6(9(7)13)8(18)4-19-5-11(16,17)10(14)15/h1-3,8,10,18H,4-5H2. The Hall–Kier alpha value is -0.560. The molecule has 1 aromatic carbocycles. The van der Waals surface area contributed by atoms with E-state index >= 15 is 0 Å². The number of aliphatic hydroxyl groups is 1. The molecule has 1 aromatic rings. The molecule has 0 spiro atoms. The quantitative estimate of drug-likeness (QED) is 0.804. The van der Waals surface area contributed by atoms with E-state index in [9.17, 15) is 22.7 Å². The van der Waals surface area contributed by atoms with Gasteiger partial charge in [-0.3, -0.25) is 0 Å². The molecule has 2 nitrogen and oxygen atoms in total. The first-order valence-corrected chi connectivity index (χ1v) is 5.87. The fourth-order valence-electron chi connectivity index (χ4n) is 1.24.